The number of aryl methyl sites for hydroxylation is 2. The smallest absolute Gasteiger partial charge is 0.277 e. The molecule has 5 heteroatoms. The normalized spacial score (nSPS) is 10.7. The zero-order valence-corrected chi connectivity index (χ0v) is 11.5. The first-order chi connectivity index (χ1) is 9.66. The van der Waals surface area contributed by atoms with Crippen molar-refractivity contribution in [2.24, 2.45) is 12.1 Å². The molecule has 0 bridgehead atoms. The number of carbonyl (C=O) groups is 1. The molecule has 0 radical (unpaired) electrons. The number of ether oxygens (including phenoxy) is 1. The highest BCUT2D eigenvalue weighted by atomic mass is 16.5. The second-order valence-corrected chi connectivity index (χ2v) is 4.39. The van der Waals surface area contributed by atoms with Gasteiger partial charge in [0.1, 0.15) is 5.75 Å². The van der Waals surface area contributed by atoms with Crippen LogP contribution in [0.1, 0.15) is 11.3 Å². The van der Waals surface area contributed by atoms with Gasteiger partial charge in [0.2, 0.25) is 0 Å². The molecule has 0 atom stereocenters. The molecule has 2 rings (SSSR count). The van der Waals surface area contributed by atoms with Gasteiger partial charge < -0.3 is 9.30 Å². The lowest BCUT2D eigenvalue weighted by molar-refractivity contribution is -0.123. The zero-order chi connectivity index (χ0) is 14.4. The summed E-state index contributed by atoms with van der Waals surface area (Å²) in [5.74, 6) is 0.410. The first kappa shape index (κ1) is 13.9. The van der Waals surface area contributed by atoms with E-state index in [0.717, 1.165) is 11.3 Å². The van der Waals surface area contributed by atoms with Crippen LogP contribution in [0.4, 0.5) is 0 Å². The van der Waals surface area contributed by atoms with Gasteiger partial charge in [-0.25, -0.2) is 5.43 Å². The fourth-order valence-electron chi connectivity index (χ4n) is 1.67. The molecule has 5 nitrogen and oxygen atoms in total. The van der Waals surface area contributed by atoms with Gasteiger partial charge in [0.15, 0.2) is 6.61 Å². The van der Waals surface area contributed by atoms with Crippen LogP contribution in [-0.4, -0.2) is 23.3 Å². The molecule has 0 spiro atoms. The average Bonchev–Trinajstić information content (AvgIpc) is 2.84. The van der Waals surface area contributed by atoms with Crippen LogP contribution >= 0.6 is 0 Å². The Morgan fingerprint density at radius 2 is 2.15 bits per heavy atom. The van der Waals surface area contributed by atoms with Crippen molar-refractivity contribution < 1.29 is 9.53 Å². The van der Waals surface area contributed by atoms with Gasteiger partial charge in [-0.3, -0.25) is 4.79 Å². The van der Waals surface area contributed by atoms with Gasteiger partial charge >= 0.3 is 0 Å². The lowest BCUT2D eigenvalue weighted by atomic mass is 10.2. The predicted molar refractivity (Wildman–Crippen MR) is 77.8 cm³/mol. The van der Waals surface area contributed by atoms with E-state index >= 15 is 0 Å². The number of para-hydroxylation sites is 1. The topological polar surface area (TPSA) is 55.6 Å². The summed E-state index contributed by atoms with van der Waals surface area (Å²) in [5.41, 5.74) is 4.33. The molecule has 1 N–H and O–H groups in total. The van der Waals surface area contributed by atoms with Gasteiger partial charge in [0.05, 0.1) is 11.9 Å². The molecule has 1 heterocycles. The zero-order valence-electron chi connectivity index (χ0n) is 11.5. The molecule has 0 aliphatic carbocycles. The summed E-state index contributed by atoms with van der Waals surface area (Å²) >= 11 is 0. The van der Waals surface area contributed by atoms with Crippen molar-refractivity contribution in [3.63, 3.8) is 0 Å². The highest BCUT2D eigenvalue weighted by Crippen LogP contribution is 2.15. The van der Waals surface area contributed by atoms with Crippen LogP contribution < -0.4 is 10.2 Å². The SMILES string of the molecule is Cc1ccccc1OCC(=O)N/N=C\c1cccn1C. The van der Waals surface area contributed by atoms with Crippen molar-refractivity contribution in [1.29, 1.82) is 0 Å². The fourth-order valence-corrected chi connectivity index (χ4v) is 1.67. The summed E-state index contributed by atoms with van der Waals surface area (Å²) in [4.78, 5) is 11.6. The average molecular weight is 271 g/mol. The van der Waals surface area contributed by atoms with Crippen LogP contribution in [0.2, 0.25) is 0 Å². The van der Waals surface area contributed by atoms with E-state index in [2.05, 4.69) is 10.5 Å². The molecule has 0 aliphatic heterocycles. The summed E-state index contributed by atoms with van der Waals surface area (Å²) in [6.45, 7) is 1.87. The van der Waals surface area contributed by atoms with E-state index in [1.165, 1.54) is 0 Å². The minimum absolute atomic E-state index is 0.0602. The molecule has 1 amide bonds. The molecule has 2 aromatic rings. The maximum Gasteiger partial charge on any atom is 0.277 e. The van der Waals surface area contributed by atoms with E-state index in [0.29, 0.717) is 5.75 Å². The number of hydrogen-bond donors (Lipinski definition) is 1. The van der Waals surface area contributed by atoms with Gasteiger partial charge in [-0.2, -0.15) is 5.10 Å². The van der Waals surface area contributed by atoms with Crippen molar-refractivity contribution in [3.8, 4) is 5.75 Å². The molecule has 0 saturated carbocycles. The molecule has 0 saturated heterocycles. The van der Waals surface area contributed by atoms with Crippen LogP contribution in [0.15, 0.2) is 47.7 Å². The maximum absolute atomic E-state index is 11.6. The van der Waals surface area contributed by atoms with Gasteiger partial charge in [0.25, 0.3) is 5.91 Å². The number of nitrogens with one attached hydrogen (secondary N) is 1. The van der Waals surface area contributed by atoms with E-state index < -0.39 is 0 Å². The molecule has 0 aliphatic rings. The third kappa shape index (κ3) is 3.71. The number of hydrazone groups is 1. The number of amides is 1. The third-order valence-corrected chi connectivity index (χ3v) is 2.82. The Hall–Kier alpha value is -2.56. The Morgan fingerprint density at radius 3 is 2.85 bits per heavy atom. The largest absolute Gasteiger partial charge is 0.483 e. The Balaban J connectivity index is 1.80. The summed E-state index contributed by atoms with van der Waals surface area (Å²) < 4.78 is 7.32. The Labute approximate surface area is 117 Å². The van der Waals surface area contributed by atoms with Crippen molar-refractivity contribution in [2.45, 2.75) is 6.92 Å². The van der Waals surface area contributed by atoms with E-state index in [1.54, 1.807) is 6.21 Å². The summed E-state index contributed by atoms with van der Waals surface area (Å²) in [6, 6.07) is 11.4. The fraction of sp³-hybridized carbons (Fsp3) is 0.200. The third-order valence-electron chi connectivity index (χ3n) is 2.82. The molecule has 0 unspecified atom stereocenters. The quantitative estimate of drug-likeness (QED) is 0.666. The van der Waals surface area contributed by atoms with Crippen molar-refractivity contribution >= 4 is 12.1 Å². The molecule has 20 heavy (non-hydrogen) atoms. The van der Waals surface area contributed by atoms with Crippen LogP contribution in [0.3, 0.4) is 0 Å². The monoisotopic (exact) mass is 271 g/mol. The van der Waals surface area contributed by atoms with Gasteiger partial charge in [-0.1, -0.05) is 18.2 Å². The van der Waals surface area contributed by atoms with Crippen LogP contribution in [0.25, 0.3) is 0 Å². The van der Waals surface area contributed by atoms with Crippen LogP contribution in [0.5, 0.6) is 5.75 Å². The molecule has 104 valence electrons. The summed E-state index contributed by atoms with van der Waals surface area (Å²) in [7, 11) is 1.91. The predicted octanol–water partition coefficient (Wildman–Crippen LogP) is 1.86. The van der Waals surface area contributed by atoms with Gasteiger partial charge in [-0.15, -0.1) is 0 Å². The van der Waals surface area contributed by atoms with E-state index in [1.807, 2.05) is 61.1 Å². The molecular weight excluding hydrogens is 254 g/mol. The Kier molecular flexibility index (Phi) is 4.55. The number of benzene rings is 1. The summed E-state index contributed by atoms with van der Waals surface area (Å²) in [5, 5.41) is 3.88. The van der Waals surface area contributed by atoms with Gasteiger partial charge in [-0.05, 0) is 30.7 Å². The van der Waals surface area contributed by atoms with E-state index in [4.69, 9.17) is 4.74 Å². The van der Waals surface area contributed by atoms with Crippen molar-refractivity contribution in [2.75, 3.05) is 6.61 Å². The van der Waals surface area contributed by atoms with Crippen molar-refractivity contribution in [3.05, 3.63) is 53.9 Å². The second kappa shape index (κ2) is 6.56. The van der Waals surface area contributed by atoms with Gasteiger partial charge in [0, 0.05) is 13.2 Å². The second-order valence-electron chi connectivity index (χ2n) is 4.39. The molecule has 0 fully saturated rings. The number of hydrogen-bond acceptors (Lipinski definition) is 3. The molecule has 1 aromatic carbocycles. The molecule has 1 aromatic heterocycles. The summed E-state index contributed by atoms with van der Waals surface area (Å²) in [6.07, 6.45) is 3.50. The van der Waals surface area contributed by atoms with Crippen LogP contribution in [0, 0.1) is 6.92 Å². The number of nitrogens with zero attached hydrogens (tertiary/aromatic N) is 2. The minimum Gasteiger partial charge on any atom is -0.483 e. The number of aromatic nitrogens is 1. The highest BCUT2D eigenvalue weighted by molar-refractivity contribution is 5.81. The highest BCUT2D eigenvalue weighted by Gasteiger charge is 2.03. The standard InChI is InChI=1S/C15H17N3O2/c1-12-6-3-4-8-14(12)20-11-15(19)17-16-10-13-7-5-9-18(13)2/h3-10H,11H2,1-2H3,(H,17,19)/b16-10-. The lowest BCUT2D eigenvalue weighted by Crippen LogP contribution is -2.24. The van der Waals surface area contributed by atoms with E-state index in [9.17, 15) is 4.79 Å². The first-order valence-electron chi connectivity index (χ1n) is 6.28. The minimum atomic E-state index is -0.293. The number of carbonyl (C=O) groups excluding carboxylic acids is 1. The Morgan fingerprint density at radius 1 is 1.35 bits per heavy atom. The number of rotatable bonds is 5. The first-order valence-corrected chi connectivity index (χ1v) is 6.28. The Bertz CT molecular complexity index is 617. The molecular formula is C15H17N3O2. The van der Waals surface area contributed by atoms with Crippen molar-refractivity contribution in [1.82, 2.24) is 9.99 Å². The van der Waals surface area contributed by atoms with Crippen LogP contribution in [-0.2, 0) is 11.8 Å². The maximum atomic E-state index is 11.6. The lowest BCUT2D eigenvalue weighted by Gasteiger charge is -2.07. The van der Waals surface area contributed by atoms with E-state index in [-0.39, 0.29) is 12.5 Å².